The number of carbonyl (C=O) groups is 1. The van der Waals surface area contributed by atoms with Crippen molar-refractivity contribution in [3.05, 3.63) is 59.7 Å². The summed E-state index contributed by atoms with van der Waals surface area (Å²) >= 11 is 0. The molecule has 0 radical (unpaired) electrons. The minimum Gasteiger partial charge on any atom is -0.497 e. The maximum absolute atomic E-state index is 13.4. The molecule has 0 atom stereocenters. The van der Waals surface area contributed by atoms with Crippen LogP contribution < -0.4 is 15.4 Å². The van der Waals surface area contributed by atoms with Gasteiger partial charge in [-0.3, -0.25) is 0 Å². The lowest BCUT2D eigenvalue weighted by molar-refractivity contribution is 0.252. The van der Waals surface area contributed by atoms with Gasteiger partial charge < -0.3 is 15.4 Å². The van der Waals surface area contributed by atoms with Gasteiger partial charge in [0.05, 0.1) is 12.8 Å². The van der Waals surface area contributed by atoms with Crippen molar-refractivity contribution in [2.24, 2.45) is 0 Å². The average molecular weight is 306 g/mol. The maximum Gasteiger partial charge on any atom is 0.319 e. The van der Waals surface area contributed by atoms with E-state index in [1.807, 2.05) is 24.3 Å². The quantitative estimate of drug-likeness (QED) is 0.890. The Balaban J connectivity index is 1.81. The fourth-order valence-electron chi connectivity index (χ4n) is 1.87. The van der Waals surface area contributed by atoms with E-state index in [4.69, 9.17) is 4.74 Å². The molecule has 2 N–H and O–H groups in total. The smallest absolute Gasteiger partial charge is 0.319 e. The number of halogens is 2. The topological polar surface area (TPSA) is 50.4 Å². The largest absolute Gasteiger partial charge is 0.497 e. The second-order valence-corrected chi connectivity index (χ2v) is 4.60. The second kappa shape index (κ2) is 7.40. The van der Waals surface area contributed by atoms with Gasteiger partial charge in [-0.05, 0) is 36.2 Å². The first kappa shape index (κ1) is 15.8. The molecule has 2 amide bonds. The summed E-state index contributed by atoms with van der Waals surface area (Å²) in [6, 6.07) is 9.74. The molecule has 0 unspecified atom stereocenters. The normalized spacial score (nSPS) is 10.1. The molecule has 0 saturated heterocycles. The Bertz CT molecular complexity index is 645. The number of hydrogen-bond donors (Lipinski definition) is 2. The molecule has 2 rings (SSSR count). The number of urea groups is 1. The summed E-state index contributed by atoms with van der Waals surface area (Å²) in [5.41, 5.74) is 0.833. The molecule has 116 valence electrons. The maximum atomic E-state index is 13.4. The number of carbonyl (C=O) groups excluding carboxylic acids is 1. The summed E-state index contributed by atoms with van der Waals surface area (Å²) in [4.78, 5) is 11.6. The third-order valence-electron chi connectivity index (χ3n) is 3.03. The van der Waals surface area contributed by atoms with Crippen LogP contribution in [0.5, 0.6) is 5.75 Å². The lowest BCUT2D eigenvalue weighted by Crippen LogP contribution is -2.30. The summed E-state index contributed by atoms with van der Waals surface area (Å²) in [5, 5.41) is 4.85. The summed E-state index contributed by atoms with van der Waals surface area (Å²) in [7, 11) is 1.59. The van der Waals surface area contributed by atoms with Gasteiger partial charge in [-0.25, -0.2) is 13.6 Å². The van der Waals surface area contributed by atoms with E-state index in [2.05, 4.69) is 10.6 Å². The van der Waals surface area contributed by atoms with Crippen LogP contribution in [0, 0.1) is 11.6 Å². The minimum atomic E-state index is -0.688. The highest BCUT2D eigenvalue weighted by Crippen LogP contribution is 2.15. The number of benzene rings is 2. The van der Waals surface area contributed by atoms with Crippen LogP contribution in [0.25, 0.3) is 0 Å². The van der Waals surface area contributed by atoms with Crippen LogP contribution in [0.1, 0.15) is 5.56 Å². The first-order valence-corrected chi connectivity index (χ1v) is 6.71. The Morgan fingerprint density at radius 1 is 1.14 bits per heavy atom. The molecule has 0 fully saturated rings. The predicted molar refractivity (Wildman–Crippen MR) is 80.1 cm³/mol. The number of amides is 2. The molecule has 0 aliphatic carbocycles. The van der Waals surface area contributed by atoms with Crippen LogP contribution in [0.2, 0.25) is 0 Å². The van der Waals surface area contributed by atoms with Crippen LogP contribution in [0.3, 0.4) is 0 Å². The molecule has 0 aliphatic heterocycles. The van der Waals surface area contributed by atoms with Crippen molar-refractivity contribution >= 4 is 11.7 Å². The standard InChI is InChI=1S/C16H16F2N2O2/c1-22-13-5-2-11(3-6-13)8-9-19-16(21)20-15-10-12(17)4-7-14(15)18/h2-7,10H,8-9H2,1H3,(H2,19,20,21). The van der Waals surface area contributed by atoms with Crippen LogP contribution in [-0.4, -0.2) is 19.7 Å². The third-order valence-corrected chi connectivity index (χ3v) is 3.03. The van der Waals surface area contributed by atoms with Crippen molar-refractivity contribution in [1.29, 1.82) is 0 Å². The zero-order valence-electron chi connectivity index (χ0n) is 12.0. The molecule has 0 heterocycles. The number of rotatable bonds is 5. The monoisotopic (exact) mass is 306 g/mol. The lowest BCUT2D eigenvalue weighted by atomic mass is 10.1. The number of hydrogen-bond acceptors (Lipinski definition) is 2. The van der Waals surface area contributed by atoms with Gasteiger partial charge in [-0.1, -0.05) is 12.1 Å². The number of methoxy groups -OCH3 is 1. The SMILES string of the molecule is COc1ccc(CCNC(=O)Nc2cc(F)ccc2F)cc1. The summed E-state index contributed by atoms with van der Waals surface area (Å²) in [6.07, 6.45) is 0.614. The van der Waals surface area contributed by atoms with Crippen LogP contribution in [0.15, 0.2) is 42.5 Å². The van der Waals surface area contributed by atoms with E-state index in [1.54, 1.807) is 7.11 Å². The Kier molecular flexibility index (Phi) is 5.30. The molecule has 0 saturated carbocycles. The predicted octanol–water partition coefficient (Wildman–Crippen LogP) is 3.34. The van der Waals surface area contributed by atoms with Gasteiger partial charge in [0.15, 0.2) is 0 Å². The molecule has 0 bridgehead atoms. The molecule has 0 aliphatic rings. The van der Waals surface area contributed by atoms with Gasteiger partial charge >= 0.3 is 6.03 Å². The highest BCUT2D eigenvalue weighted by molar-refractivity contribution is 5.89. The van der Waals surface area contributed by atoms with Crippen molar-refractivity contribution in [1.82, 2.24) is 5.32 Å². The van der Waals surface area contributed by atoms with Crippen molar-refractivity contribution in [2.45, 2.75) is 6.42 Å². The third kappa shape index (κ3) is 4.44. The van der Waals surface area contributed by atoms with Crippen LogP contribution >= 0.6 is 0 Å². The van der Waals surface area contributed by atoms with E-state index in [9.17, 15) is 13.6 Å². The van der Waals surface area contributed by atoms with E-state index in [-0.39, 0.29) is 5.69 Å². The Morgan fingerprint density at radius 2 is 1.86 bits per heavy atom. The number of anilines is 1. The summed E-state index contributed by atoms with van der Waals surface area (Å²) in [5.74, 6) is -0.544. The van der Waals surface area contributed by atoms with Crippen LogP contribution in [0.4, 0.5) is 19.3 Å². The van der Waals surface area contributed by atoms with E-state index >= 15 is 0 Å². The molecular weight excluding hydrogens is 290 g/mol. The lowest BCUT2D eigenvalue weighted by Gasteiger charge is -2.09. The highest BCUT2D eigenvalue weighted by Gasteiger charge is 2.07. The summed E-state index contributed by atoms with van der Waals surface area (Å²) < 4.78 is 31.4. The van der Waals surface area contributed by atoms with E-state index in [0.29, 0.717) is 13.0 Å². The second-order valence-electron chi connectivity index (χ2n) is 4.60. The van der Waals surface area contributed by atoms with Crippen molar-refractivity contribution in [2.75, 3.05) is 19.0 Å². The zero-order chi connectivity index (χ0) is 15.9. The Hall–Kier alpha value is -2.63. The van der Waals surface area contributed by atoms with Gasteiger partial charge in [0.25, 0.3) is 0 Å². The molecule has 0 spiro atoms. The van der Waals surface area contributed by atoms with Gasteiger partial charge in [-0.15, -0.1) is 0 Å². The Labute approximate surface area is 127 Å². The molecule has 2 aromatic rings. The van der Waals surface area contributed by atoms with Gasteiger partial charge in [0.2, 0.25) is 0 Å². The van der Waals surface area contributed by atoms with E-state index in [0.717, 1.165) is 29.5 Å². The van der Waals surface area contributed by atoms with Crippen molar-refractivity contribution in [3.63, 3.8) is 0 Å². The molecule has 0 aromatic heterocycles. The number of nitrogens with one attached hydrogen (secondary N) is 2. The highest BCUT2D eigenvalue weighted by atomic mass is 19.1. The van der Waals surface area contributed by atoms with Crippen LogP contribution in [-0.2, 0) is 6.42 Å². The van der Waals surface area contributed by atoms with Crippen molar-refractivity contribution in [3.8, 4) is 5.75 Å². The zero-order valence-corrected chi connectivity index (χ0v) is 12.0. The first-order chi connectivity index (χ1) is 10.6. The fraction of sp³-hybridized carbons (Fsp3) is 0.188. The molecule has 6 heteroatoms. The van der Waals surface area contributed by atoms with E-state index in [1.165, 1.54) is 0 Å². The first-order valence-electron chi connectivity index (χ1n) is 6.71. The van der Waals surface area contributed by atoms with Gasteiger partial charge in [0, 0.05) is 12.6 Å². The van der Waals surface area contributed by atoms with Gasteiger partial charge in [0.1, 0.15) is 17.4 Å². The van der Waals surface area contributed by atoms with Gasteiger partial charge in [-0.2, -0.15) is 0 Å². The average Bonchev–Trinajstić information content (AvgIpc) is 2.51. The summed E-state index contributed by atoms with van der Waals surface area (Å²) in [6.45, 7) is 0.370. The number of ether oxygens (including phenoxy) is 1. The fourth-order valence-corrected chi connectivity index (χ4v) is 1.87. The van der Waals surface area contributed by atoms with Crippen molar-refractivity contribution < 1.29 is 18.3 Å². The van der Waals surface area contributed by atoms with E-state index < -0.39 is 17.7 Å². The molecule has 4 nitrogen and oxygen atoms in total. The molecular formula is C16H16F2N2O2. The Morgan fingerprint density at radius 3 is 2.55 bits per heavy atom. The minimum absolute atomic E-state index is 0.193. The molecule has 2 aromatic carbocycles. The molecule has 22 heavy (non-hydrogen) atoms.